The predicted molar refractivity (Wildman–Crippen MR) is 95.2 cm³/mol. The number of ether oxygens (including phenoxy) is 1. The molecule has 132 valence electrons. The van der Waals surface area contributed by atoms with Crippen LogP contribution in [0.1, 0.15) is 55.8 Å². The lowest BCUT2D eigenvalue weighted by molar-refractivity contribution is -0.116. The predicted octanol–water partition coefficient (Wildman–Crippen LogP) is 3.46. The number of carbonyl (C=O) groups excluding carboxylic acids is 2. The lowest BCUT2D eigenvalue weighted by Crippen LogP contribution is -2.40. The maximum atomic E-state index is 12.3. The van der Waals surface area contributed by atoms with E-state index in [1.54, 1.807) is 29.2 Å². The Kier molecular flexibility index (Phi) is 7.75. The summed E-state index contributed by atoms with van der Waals surface area (Å²) in [4.78, 5) is 26.1. The summed E-state index contributed by atoms with van der Waals surface area (Å²) in [5, 5.41) is 2.89. The summed E-state index contributed by atoms with van der Waals surface area (Å²) in [5.41, 5.74) is 1.39. The Bertz CT molecular complexity index is 522. The topological polar surface area (TPSA) is 58.6 Å². The Morgan fingerprint density at radius 2 is 1.71 bits per heavy atom. The molecule has 0 radical (unpaired) electrons. The van der Waals surface area contributed by atoms with Crippen molar-refractivity contribution in [2.45, 2.75) is 45.4 Å². The van der Waals surface area contributed by atoms with E-state index in [1.807, 2.05) is 0 Å². The monoisotopic (exact) mass is 332 g/mol. The summed E-state index contributed by atoms with van der Waals surface area (Å²) in [6.07, 6.45) is 6.23. The van der Waals surface area contributed by atoms with Crippen LogP contribution in [0.25, 0.3) is 0 Å². The number of hydrogen-bond donors (Lipinski definition) is 1. The normalized spacial score (nSPS) is 14.5. The first-order valence-corrected chi connectivity index (χ1v) is 8.97. The number of carbonyl (C=O) groups is 2. The van der Waals surface area contributed by atoms with Crippen LogP contribution >= 0.6 is 0 Å². The van der Waals surface area contributed by atoms with Crippen LogP contribution in [0.15, 0.2) is 24.3 Å². The minimum Gasteiger partial charge on any atom is -0.378 e. The van der Waals surface area contributed by atoms with Gasteiger partial charge in [-0.2, -0.15) is 0 Å². The Labute approximate surface area is 144 Å². The number of nitrogens with zero attached hydrogens (tertiary/aromatic N) is 1. The van der Waals surface area contributed by atoms with Crippen LogP contribution in [0.2, 0.25) is 0 Å². The highest BCUT2D eigenvalue weighted by Gasteiger charge is 2.18. The zero-order valence-corrected chi connectivity index (χ0v) is 14.6. The molecule has 0 atom stereocenters. The van der Waals surface area contributed by atoms with Gasteiger partial charge >= 0.3 is 0 Å². The largest absolute Gasteiger partial charge is 0.378 e. The van der Waals surface area contributed by atoms with Crippen LogP contribution in [-0.4, -0.2) is 43.0 Å². The van der Waals surface area contributed by atoms with E-state index < -0.39 is 0 Å². The molecule has 2 amide bonds. The second-order valence-corrected chi connectivity index (χ2v) is 6.19. The molecule has 5 nitrogen and oxygen atoms in total. The number of amides is 2. The third-order valence-electron chi connectivity index (χ3n) is 4.22. The molecule has 0 bridgehead atoms. The van der Waals surface area contributed by atoms with E-state index in [0.29, 0.717) is 38.3 Å². The number of benzene rings is 1. The fourth-order valence-electron chi connectivity index (χ4n) is 2.76. The van der Waals surface area contributed by atoms with Gasteiger partial charge in [0.15, 0.2) is 0 Å². The standard InChI is InChI=1S/C19H28N2O3/c1-2-3-4-5-6-7-18(22)20-17-10-8-16(9-11-17)19(23)21-12-14-24-15-13-21/h8-11H,2-7,12-15H2,1H3,(H,20,22). The molecule has 0 aliphatic carbocycles. The second kappa shape index (κ2) is 10.1. The highest BCUT2D eigenvalue weighted by Crippen LogP contribution is 2.14. The number of anilines is 1. The molecule has 1 heterocycles. The zero-order chi connectivity index (χ0) is 17.2. The molecule has 1 aliphatic rings. The van der Waals surface area contributed by atoms with Gasteiger partial charge in [0.1, 0.15) is 0 Å². The van der Waals surface area contributed by atoms with Crippen LogP contribution in [0.4, 0.5) is 5.69 Å². The molecule has 1 aromatic carbocycles. The van der Waals surface area contributed by atoms with E-state index in [4.69, 9.17) is 4.74 Å². The fourth-order valence-corrected chi connectivity index (χ4v) is 2.76. The Balaban J connectivity index is 1.76. The summed E-state index contributed by atoms with van der Waals surface area (Å²) in [5.74, 6) is 0.0610. The highest BCUT2D eigenvalue weighted by atomic mass is 16.5. The second-order valence-electron chi connectivity index (χ2n) is 6.19. The summed E-state index contributed by atoms with van der Waals surface area (Å²) in [6, 6.07) is 7.13. The summed E-state index contributed by atoms with van der Waals surface area (Å²) < 4.78 is 5.26. The van der Waals surface area contributed by atoms with E-state index in [9.17, 15) is 9.59 Å². The van der Waals surface area contributed by atoms with E-state index >= 15 is 0 Å². The average molecular weight is 332 g/mol. The van der Waals surface area contributed by atoms with Crippen molar-refractivity contribution in [3.63, 3.8) is 0 Å². The summed E-state index contributed by atoms with van der Waals surface area (Å²) in [7, 11) is 0. The number of unbranched alkanes of at least 4 members (excludes halogenated alkanes) is 4. The van der Waals surface area contributed by atoms with E-state index in [0.717, 1.165) is 18.5 Å². The molecule has 1 aromatic rings. The zero-order valence-electron chi connectivity index (χ0n) is 14.6. The van der Waals surface area contributed by atoms with Crippen molar-refractivity contribution < 1.29 is 14.3 Å². The van der Waals surface area contributed by atoms with Gasteiger partial charge in [0.05, 0.1) is 13.2 Å². The molecular formula is C19H28N2O3. The van der Waals surface area contributed by atoms with Crippen LogP contribution < -0.4 is 5.32 Å². The molecule has 0 unspecified atom stereocenters. The van der Waals surface area contributed by atoms with Crippen molar-refractivity contribution in [1.29, 1.82) is 0 Å². The minimum atomic E-state index is 0.0205. The average Bonchev–Trinajstić information content (AvgIpc) is 2.62. The highest BCUT2D eigenvalue weighted by molar-refractivity contribution is 5.95. The molecular weight excluding hydrogens is 304 g/mol. The number of hydrogen-bond acceptors (Lipinski definition) is 3. The number of morpholine rings is 1. The van der Waals surface area contributed by atoms with Crippen molar-refractivity contribution in [3.8, 4) is 0 Å². The molecule has 2 rings (SSSR count). The van der Waals surface area contributed by atoms with Crippen molar-refractivity contribution in [2.24, 2.45) is 0 Å². The lowest BCUT2D eigenvalue weighted by Gasteiger charge is -2.26. The van der Waals surface area contributed by atoms with Crippen molar-refractivity contribution in [3.05, 3.63) is 29.8 Å². The SMILES string of the molecule is CCCCCCCC(=O)Nc1ccc(C(=O)N2CCOCC2)cc1. The lowest BCUT2D eigenvalue weighted by atomic mass is 10.1. The quantitative estimate of drug-likeness (QED) is 0.742. The van der Waals surface area contributed by atoms with Gasteiger partial charge in [0.25, 0.3) is 5.91 Å². The Morgan fingerprint density at radius 1 is 1.04 bits per heavy atom. The van der Waals surface area contributed by atoms with Crippen molar-refractivity contribution in [2.75, 3.05) is 31.6 Å². The third kappa shape index (κ3) is 5.96. The van der Waals surface area contributed by atoms with Gasteiger partial charge in [0.2, 0.25) is 5.91 Å². The fraction of sp³-hybridized carbons (Fsp3) is 0.579. The van der Waals surface area contributed by atoms with Gasteiger partial charge in [-0.05, 0) is 30.7 Å². The molecule has 1 N–H and O–H groups in total. The van der Waals surface area contributed by atoms with Gasteiger partial charge in [-0.15, -0.1) is 0 Å². The van der Waals surface area contributed by atoms with Crippen molar-refractivity contribution >= 4 is 17.5 Å². The molecule has 1 saturated heterocycles. The first-order valence-electron chi connectivity index (χ1n) is 8.97. The maximum Gasteiger partial charge on any atom is 0.254 e. The third-order valence-corrected chi connectivity index (χ3v) is 4.22. The van der Waals surface area contributed by atoms with Crippen LogP contribution in [0.5, 0.6) is 0 Å². The van der Waals surface area contributed by atoms with E-state index in [1.165, 1.54) is 19.3 Å². The van der Waals surface area contributed by atoms with Gasteiger partial charge < -0.3 is 15.0 Å². The van der Waals surface area contributed by atoms with Gasteiger partial charge in [-0.1, -0.05) is 32.6 Å². The molecule has 1 aliphatic heterocycles. The van der Waals surface area contributed by atoms with Crippen LogP contribution in [-0.2, 0) is 9.53 Å². The van der Waals surface area contributed by atoms with Gasteiger partial charge in [0, 0.05) is 30.8 Å². The molecule has 1 fully saturated rings. The van der Waals surface area contributed by atoms with Gasteiger partial charge in [-0.3, -0.25) is 9.59 Å². The molecule has 0 spiro atoms. The minimum absolute atomic E-state index is 0.0205. The van der Waals surface area contributed by atoms with E-state index in [-0.39, 0.29) is 11.8 Å². The van der Waals surface area contributed by atoms with Gasteiger partial charge in [-0.25, -0.2) is 0 Å². The summed E-state index contributed by atoms with van der Waals surface area (Å²) >= 11 is 0. The Hall–Kier alpha value is -1.88. The molecule has 0 aromatic heterocycles. The van der Waals surface area contributed by atoms with E-state index in [2.05, 4.69) is 12.2 Å². The van der Waals surface area contributed by atoms with Crippen LogP contribution in [0.3, 0.4) is 0 Å². The van der Waals surface area contributed by atoms with Crippen LogP contribution in [0, 0.1) is 0 Å². The Morgan fingerprint density at radius 3 is 2.38 bits per heavy atom. The number of nitrogens with one attached hydrogen (secondary N) is 1. The summed E-state index contributed by atoms with van der Waals surface area (Å²) in [6.45, 7) is 4.64. The maximum absolute atomic E-state index is 12.3. The molecule has 5 heteroatoms. The first kappa shape index (κ1) is 18.5. The van der Waals surface area contributed by atoms with Crippen molar-refractivity contribution in [1.82, 2.24) is 4.90 Å². The smallest absolute Gasteiger partial charge is 0.254 e. The molecule has 0 saturated carbocycles. The number of rotatable bonds is 8. The first-order chi connectivity index (χ1) is 11.7. The molecule has 24 heavy (non-hydrogen) atoms.